The van der Waals surface area contributed by atoms with E-state index in [1.165, 1.54) is 4.90 Å². The largest absolute Gasteiger partial charge is 0.507 e. The molecular weight excluding hydrogens is 440 g/mol. The normalized spacial score (nSPS) is 17.4. The first-order valence-electron chi connectivity index (χ1n) is 10.6. The summed E-state index contributed by atoms with van der Waals surface area (Å²) in [6.07, 6.45) is 4.06. The number of hydrogen-bond donors (Lipinski definition) is 1. The number of aliphatic hydroxyl groups excluding tert-OH is 1. The fourth-order valence-corrected chi connectivity index (χ4v) is 3.94. The highest BCUT2D eigenvalue weighted by atomic mass is 35.5. The highest BCUT2D eigenvalue weighted by molar-refractivity contribution is 6.51. The minimum absolute atomic E-state index is 0.00748. The molecule has 0 radical (unpaired) electrons. The zero-order valence-corrected chi connectivity index (χ0v) is 19.0. The van der Waals surface area contributed by atoms with Gasteiger partial charge in [0, 0.05) is 28.7 Å². The van der Waals surface area contributed by atoms with E-state index >= 15 is 0 Å². The van der Waals surface area contributed by atoms with Gasteiger partial charge in [-0.3, -0.25) is 19.5 Å². The summed E-state index contributed by atoms with van der Waals surface area (Å²) in [5.74, 6) is -1.12. The Hall–Kier alpha value is -3.64. The Balaban J connectivity index is 1.84. The summed E-state index contributed by atoms with van der Waals surface area (Å²) in [4.78, 5) is 31.8. The van der Waals surface area contributed by atoms with Gasteiger partial charge in [0.15, 0.2) is 0 Å². The van der Waals surface area contributed by atoms with Gasteiger partial charge < -0.3 is 9.84 Å². The number of aromatic nitrogens is 1. The van der Waals surface area contributed by atoms with Crippen molar-refractivity contribution in [2.75, 3.05) is 11.5 Å². The van der Waals surface area contributed by atoms with Crippen molar-refractivity contribution in [1.82, 2.24) is 4.98 Å². The molecular formula is C26H23ClN2O4. The molecule has 4 rings (SSSR count). The average Bonchev–Trinajstić information content (AvgIpc) is 3.10. The molecule has 1 unspecified atom stereocenters. The van der Waals surface area contributed by atoms with E-state index in [9.17, 15) is 14.7 Å². The fourth-order valence-electron chi connectivity index (χ4n) is 3.77. The van der Waals surface area contributed by atoms with Crippen molar-refractivity contribution < 1.29 is 19.4 Å². The van der Waals surface area contributed by atoms with Crippen molar-refractivity contribution in [2.45, 2.75) is 26.3 Å². The Morgan fingerprint density at radius 2 is 1.91 bits per heavy atom. The van der Waals surface area contributed by atoms with Crippen molar-refractivity contribution in [3.8, 4) is 5.75 Å². The lowest BCUT2D eigenvalue weighted by molar-refractivity contribution is -0.132. The molecule has 1 aromatic heterocycles. The Morgan fingerprint density at radius 1 is 1.15 bits per heavy atom. The zero-order valence-electron chi connectivity index (χ0n) is 18.3. The summed E-state index contributed by atoms with van der Waals surface area (Å²) in [5, 5.41) is 11.6. The number of Topliss-reactive ketones (excluding diaryl/α,β-unsaturated/α-hetero) is 1. The van der Waals surface area contributed by atoms with Crippen LogP contribution in [0.25, 0.3) is 5.76 Å². The number of benzene rings is 2. The Labute approximate surface area is 197 Å². The topological polar surface area (TPSA) is 79.7 Å². The van der Waals surface area contributed by atoms with Gasteiger partial charge >= 0.3 is 0 Å². The van der Waals surface area contributed by atoms with Crippen LogP contribution in [0, 0.1) is 6.92 Å². The highest BCUT2D eigenvalue weighted by Crippen LogP contribution is 2.42. The number of aryl methyl sites for hydroxylation is 1. The van der Waals surface area contributed by atoms with Crippen LogP contribution in [-0.4, -0.2) is 28.4 Å². The molecule has 7 heteroatoms. The quantitative estimate of drug-likeness (QED) is 0.299. The van der Waals surface area contributed by atoms with Crippen molar-refractivity contribution in [2.24, 2.45) is 0 Å². The third-order valence-electron chi connectivity index (χ3n) is 5.48. The van der Waals surface area contributed by atoms with Crippen LogP contribution in [0.5, 0.6) is 5.75 Å². The van der Waals surface area contributed by atoms with Gasteiger partial charge in [0.1, 0.15) is 11.5 Å². The molecule has 2 heterocycles. The summed E-state index contributed by atoms with van der Waals surface area (Å²) < 4.78 is 5.59. The lowest BCUT2D eigenvalue weighted by Gasteiger charge is -2.25. The molecule has 6 nitrogen and oxygen atoms in total. The maximum atomic E-state index is 13.2. The van der Waals surface area contributed by atoms with Crippen LogP contribution in [0.4, 0.5) is 5.69 Å². The molecule has 1 aliphatic rings. The van der Waals surface area contributed by atoms with E-state index < -0.39 is 17.7 Å². The molecule has 0 aliphatic carbocycles. The number of carbonyl (C=O) groups is 2. The third-order valence-corrected chi connectivity index (χ3v) is 5.89. The second kappa shape index (κ2) is 9.46. The smallest absolute Gasteiger partial charge is 0.300 e. The van der Waals surface area contributed by atoms with E-state index in [2.05, 4.69) is 4.98 Å². The maximum absolute atomic E-state index is 13.2. The number of ether oxygens (including phenoxy) is 1. The zero-order chi connectivity index (χ0) is 23.5. The molecule has 0 spiro atoms. The van der Waals surface area contributed by atoms with Gasteiger partial charge in [-0.15, -0.1) is 0 Å². The van der Waals surface area contributed by atoms with E-state index in [0.717, 1.165) is 12.0 Å². The molecule has 1 N–H and O–H groups in total. The minimum Gasteiger partial charge on any atom is -0.507 e. The van der Waals surface area contributed by atoms with Gasteiger partial charge in [-0.2, -0.15) is 0 Å². The fraction of sp³-hybridized carbons (Fsp3) is 0.192. The lowest BCUT2D eigenvalue weighted by atomic mass is 9.96. The molecule has 0 saturated carbocycles. The number of hydrogen-bond acceptors (Lipinski definition) is 5. The maximum Gasteiger partial charge on any atom is 0.300 e. The number of carbonyl (C=O) groups excluding carboxylic acids is 2. The number of amides is 1. The molecule has 1 saturated heterocycles. The molecule has 1 atom stereocenters. The first-order chi connectivity index (χ1) is 15.9. The molecule has 3 aromatic rings. The van der Waals surface area contributed by atoms with Gasteiger partial charge in [0.05, 0.1) is 18.2 Å². The lowest BCUT2D eigenvalue weighted by Crippen LogP contribution is -2.29. The summed E-state index contributed by atoms with van der Waals surface area (Å²) >= 11 is 6.31. The van der Waals surface area contributed by atoms with Gasteiger partial charge in [-0.25, -0.2) is 0 Å². The van der Waals surface area contributed by atoms with Gasteiger partial charge in [-0.05, 0) is 66.9 Å². The number of rotatable bonds is 6. The summed E-state index contributed by atoms with van der Waals surface area (Å²) in [6.45, 7) is 4.45. The van der Waals surface area contributed by atoms with Crippen molar-refractivity contribution in [3.63, 3.8) is 0 Å². The summed E-state index contributed by atoms with van der Waals surface area (Å²) in [6, 6.07) is 14.6. The third kappa shape index (κ3) is 4.34. The van der Waals surface area contributed by atoms with Gasteiger partial charge in [-0.1, -0.05) is 30.7 Å². The first kappa shape index (κ1) is 22.6. The molecule has 2 aromatic carbocycles. The average molecular weight is 463 g/mol. The molecule has 1 aliphatic heterocycles. The highest BCUT2D eigenvalue weighted by Gasteiger charge is 2.47. The van der Waals surface area contributed by atoms with E-state index in [1.807, 2.05) is 13.8 Å². The van der Waals surface area contributed by atoms with Gasteiger partial charge in [0.2, 0.25) is 0 Å². The van der Waals surface area contributed by atoms with E-state index in [0.29, 0.717) is 34.2 Å². The minimum atomic E-state index is -0.853. The van der Waals surface area contributed by atoms with E-state index in [4.69, 9.17) is 16.3 Å². The van der Waals surface area contributed by atoms with Crippen LogP contribution >= 0.6 is 11.6 Å². The number of halogens is 1. The second-order valence-corrected chi connectivity index (χ2v) is 8.17. The number of anilines is 1. The van der Waals surface area contributed by atoms with Crippen LogP contribution in [0.2, 0.25) is 5.02 Å². The monoisotopic (exact) mass is 462 g/mol. The number of pyridine rings is 1. The van der Waals surface area contributed by atoms with Gasteiger partial charge in [0.25, 0.3) is 11.7 Å². The summed E-state index contributed by atoms with van der Waals surface area (Å²) in [7, 11) is 0. The molecule has 33 heavy (non-hydrogen) atoms. The second-order valence-electron chi connectivity index (χ2n) is 7.76. The molecule has 0 bridgehead atoms. The van der Waals surface area contributed by atoms with Crippen LogP contribution in [0.3, 0.4) is 0 Å². The first-order valence-corrected chi connectivity index (χ1v) is 11.0. The predicted molar refractivity (Wildman–Crippen MR) is 127 cm³/mol. The number of aliphatic hydroxyl groups is 1. The molecule has 1 fully saturated rings. The summed E-state index contributed by atoms with van der Waals surface area (Å²) in [5.41, 5.74) is 2.31. The van der Waals surface area contributed by atoms with Crippen LogP contribution in [0.1, 0.15) is 36.1 Å². The van der Waals surface area contributed by atoms with E-state index in [1.54, 1.807) is 67.0 Å². The number of ketones is 1. The number of nitrogens with zero attached hydrogens (tertiary/aromatic N) is 2. The SMILES string of the molecule is CCCOc1ccc(/C(O)=C2\C(=O)C(=O)N(c3ccc(C)c(Cl)c3)C2c2cccnc2)cc1. The Morgan fingerprint density at radius 3 is 2.55 bits per heavy atom. The Kier molecular flexibility index (Phi) is 6.47. The molecule has 1 amide bonds. The van der Waals surface area contributed by atoms with Crippen LogP contribution in [0.15, 0.2) is 72.6 Å². The van der Waals surface area contributed by atoms with Crippen LogP contribution in [-0.2, 0) is 9.59 Å². The van der Waals surface area contributed by atoms with Crippen molar-refractivity contribution in [3.05, 3.63) is 94.3 Å². The van der Waals surface area contributed by atoms with E-state index in [-0.39, 0.29) is 11.3 Å². The van der Waals surface area contributed by atoms with Crippen LogP contribution < -0.4 is 9.64 Å². The Bertz CT molecular complexity index is 1220. The standard InChI is InChI=1S/C26H23ClN2O4/c1-3-13-33-20-10-7-17(8-11-20)24(30)22-23(18-5-4-12-28-15-18)29(26(32)25(22)31)19-9-6-16(2)21(27)14-19/h4-12,14-15,23,30H,3,13H2,1-2H3/b24-22+. The predicted octanol–water partition coefficient (Wildman–Crippen LogP) is 5.46. The van der Waals surface area contributed by atoms with Crippen molar-refractivity contribution >= 4 is 34.7 Å². The molecule has 168 valence electrons. The van der Waals surface area contributed by atoms with Crippen molar-refractivity contribution in [1.29, 1.82) is 0 Å².